The number of amides is 1. The Hall–Kier alpha value is -2.47. The predicted octanol–water partition coefficient (Wildman–Crippen LogP) is 1.44. The lowest BCUT2D eigenvalue weighted by atomic mass is 10.00. The lowest BCUT2D eigenvalue weighted by Crippen LogP contribution is -2.57. The van der Waals surface area contributed by atoms with Crippen LogP contribution in [0.1, 0.15) is 10.4 Å². The number of nitrogens with one attached hydrogen (secondary N) is 1. The SMILES string of the molecule is O=C(NC(CO)(CO)CO)c1ccc2cc3ccccc3cc2c1. The average molecular weight is 325 g/mol. The van der Waals surface area contributed by atoms with E-state index >= 15 is 0 Å². The molecule has 0 bridgehead atoms. The quantitative estimate of drug-likeness (QED) is 0.534. The molecule has 3 rings (SSSR count). The molecule has 0 radical (unpaired) electrons. The minimum Gasteiger partial charge on any atom is -0.394 e. The maximum absolute atomic E-state index is 12.4. The van der Waals surface area contributed by atoms with Gasteiger partial charge >= 0.3 is 0 Å². The van der Waals surface area contributed by atoms with Gasteiger partial charge in [-0.2, -0.15) is 0 Å². The lowest BCUT2D eigenvalue weighted by molar-refractivity contribution is 0.0375. The maximum atomic E-state index is 12.4. The zero-order chi connectivity index (χ0) is 17.2. The molecule has 0 unspecified atom stereocenters. The summed E-state index contributed by atoms with van der Waals surface area (Å²) in [5.41, 5.74) is -1.03. The van der Waals surface area contributed by atoms with Gasteiger partial charge in [0.25, 0.3) is 5.91 Å². The Morgan fingerprint density at radius 2 is 1.33 bits per heavy atom. The Morgan fingerprint density at radius 1 is 0.792 bits per heavy atom. The average Bonchev–Trinajstić information content (AvgIpc) is 2.64. The molecular formula is C19H19NO4. The molecule has 5 heteroatoms. The van der Waals surface area contributed by atoms with Crippen LogP contribution in [0.2, 0.25) is 0 Å². The van der Waals surface area contributed by atoms with Crippen LogP contribution in [0.5, 0.6) is 0 Å². The third-order valence-electron chi connectivity index (χ3n) is 4.25. The van der Waals surface area contributed by atoms with Gasteiger partial charge in [-0.1, -0.05) is 30.3 Å². The minimum absolute atomic E-state index is 0.400. The van der Waals surface area contributed by atoms with Gasteiger partial charge in [0.1, 0.15) is 5.54 Å². The molecule has 1 amide bonds. The number of aliphatic hydroxyl groups is 3. The first-order chi connectivity index (χ1) is 11.6. The summed E-state index contributed by atoms with van der Waals surface area (Å²) in [6, 6.07) is 17.4. The topological polar surface area (TPSA) is 89.8 Å². The predicted molar refractivity (Wildman–Crippen MR) is 92.9 cm³/mol. The summed E-state index contributed by atoms with van der Waals surface area (Å²) >= 11 is 0. The fourth-order valence-corrected chi connectivity index (χ4v) is 2.66. The second-order valence-electron chi connectivity index (χ2n) is 5.97. The molecule has 0 spiro atoms. The molecule has 24 heavy (non-hydrogen) atoms. The van der Waals surface area contributed by atoms with E-state index in [-0.39, 0.29) is 0 Å². The van der Waals surface area contributed by atoms with Crippen molar-refractivity contribution < 1.29 is 20.1 Å². The van der Waals surface area contributed by atoms with Crippen LogP contribution in [0, 0.1) is 0 Å². The van der Waals surface area contributed by atoms with Gasteiger partial charge in [-0.25, -0.2) is 0 Å². The summed E-state index contributed by atoms with van der Waals surface area (Å²) in [5.74, 6) is -0.456. The van der Waals surface area contributed by atoms with Crippen LogP contribution in [0.3, 0.4) is 0 Å². The first-order valence-electron chi connectivity index (χ1n) is 7.68. The van der Waals surface area contributed by atoms with E-state index < -0.39 is 31.3 Å². The number of fused-ring (bicyclic) bond motifs is 2. The van der Waals surface area contributed by atoms with Crippen molar-refractivity contribution in [2.45, 2.75) is 5.54 Å². The molecule has 0 heterocycles. The van der Waals surface area contributed by atoms with Crippen molar-refractivity contribution in [3.63, 3.8) is 0 Å². The second kappa shape index (κ2) is 6.57. The van der Waals surface area contributed by atoms with Crippen molar-refractivity contribution in [2.24, 2.45) is 0 Å². The number of carbonyl (C=O) groups excluding carboxylic acids is 1. The molecule has 0 atom stereocenters. The van der Waals surface area contributed by atoms with Crippen molar-refractivity contribution in [3.8, 4) is 0 Å². The van der Waals surface area contributed by atoms with E-state index in [0.717, 1.165) is 21.5 Å². The van der Waals surface area contributed by atoms with Crippen LogP contribution in [0.4, 0.5) is 0 Å². The summed E-state index contributed by atoms with van der Waals surface area (Å²) in [6.45, 7) is -1.65. The van der Waals surface area contributed by atoms with Crippen molar-refractivity contribution in [2.75, 3.05) is 19.8 Å². The summed E-state index contributed by atoms with van der Waals surface area (Å²) in [4.78, 5) is 12.4. The maximum Gasteiger partial charge on any atom is 0.251 e. The van der Waals surface area contributed by atoms with E-state index in [2.05, 4.69) is 11.4 Å². The molecule has 0 aliphatic rings. The van der Waals surface area contributed by atoms with Gasteiger partial charge in [-0.15, -0.1) is 0 Å². The third kappa shape index (κ3) is 2.97. The summed E-state index contributed by atoms with van der Waals surface area (Å²) in [5, 5.41) is 34.6. The van der Waals surface area contributed by atoms with Crippen LogP contribution in [0.25, 0.3) is 21.5 Å². The Balaban J connectivity index is 1.97. The van der Waals surface area contributed by atoms with Gasteiger partial charge < -0.3 is 20.6 Å². The van der Waals surface area contributed by atoms with Crippen LogP contribution in [-0.4, -0.2) is 46.6 Å². The molecule has 0 aromatic heterocycles. The molecule has 0 saturated carbocycles. The van der Waals surface area contributed by atoms with Gasteiger partial charge in [-0.05, 0) is 45.8 Å². The molecule has 3 aromatic carbocycles. The molecule has 124 valence electrons. The molecule has 5 nitrogen and oxygen atoms in total. The number of aliphatic hydroxyl groups excluding tert-OH is 3. The second-order valence-corrected chi connectivity index (χ2v) is 5.97. The Morgan fingerprint density at radius 3 is 1.92 bits per heavy atom. The minimum atomic E-state index is -1.44. The third-order valence-corrected chi connectivity index (χ3v) is 4.25. The highest BCUT2D eigenvalue weighted by Gasteiger charge is 2.30. The van der Waals surface area contributed by atoms with Crippen molar-refractivity contribution >= 4 is 27.5 Å². The lowest BCUT2D eigenvalue weighted by Gasteiger charge is -2.28. The fourth-order valence-electron chi connectivity index (χ4n) is 2.66. The number of hydrogen-bond acceptors (Lipinski definition) is 4. The van der Waals surface area contributed by atoms with E-state index in [0.29, 0.717) is 5.56 Å². The van der Waals surface area contributed by atoms with E-state index in [9.17, 15) is 20.1 Å². The summed E-state index contributed by atoms with van der Waals surface area (Å²) in [7, 11) is 0. The van der Waals surface area contributed by atoms with Gasteiger partial charge in [-0.3, -0.25) is 4.79 Å². The number of carbonyl (C=O) groups is 1. The highest BCUT2D eigenvalue weighted by Crippen LogP contribution is 2.24. The number of benzene rings is 3. The van der Waals surface area contributed by atoms with Crippen LogP contribution in [-0.2, 0) is 0 Å². The molecular weight excluding hydrogens is 306 g/mol. The highest BCUT2D eigenvalue weighted by atomic mass is 16.3. The van der Waals surface area contributed by atoms with Crippen molar-refractivity contribution in [3.05, 3.63) is 60.2 Å². The molecule has 0 fully saturated rings. The normalized spacial score (nSPS) is 11.8. The Bertz CT molecular complexity index is 879. The molecule has 0 aliphatic heterocycles. The van der Waals surface area contributed by atoms with E-state index in [1.54, 1.807) is 12.1 Å². The number of hydrogen-bond donors (Lipinski definition) is 4. The Labute approximate surface area is 139 Å². The highest BCUT2D eigenvalue weighted by molar-refractivity contribution is 6.03. The van der Waals surface area contributed by atoms with E-state index in [1.807, 2.05) is 36.4 Å². The van der Waals surface area contributed by atoms with Gasteiger partial charge in [0.05, 0.1) is 19.8 Å². The van der Waals surface area contributed by atoms with Gasteiger partial charge in [0.2, 0.25) is 0 Å². The smallest absolute Gasteiger partial charge is 0.251 e. The first kappa shape index (κ1) is 16.4. The summed E-state index contributed by atoms with van der Waals surface area (Å²) < 4.78 is 0. The van der Waals surface area contributed by atoms with E-state index in [1.165, 1.54) is 0 Å². The zero-order valence-corrected chi connectivity index (χ0v) is 13.1. The molecule has 3 aromatic rings. The van der Waals surface area contributed by atoms with Gasteiger partial charge in [0, 0.05) is 5.56 Å². The fraction of sp³-hybridized carbons (Fsp3) is 0.211. The monoisotopic (exact) mass is 325 g/mol. The molecule has 4 N–H and O–H groups in total. The van der Waals surface area contributed by atoms with Crippen LogP contribution in [0.15, 0.2) is 54.6 Å². The van der Waals surface area contributed by atoms with Crippen molar-refractivity contribution in [1.29, 1.82) is 0 Å². The molecule has 0 saturated heterocycles. The van der Waals surface area contributed by atoms with Crippen LogP contribution < -0.4 is 5.32 Å². The largest absolute Gasteiger partial charge is 0.394 e. The van der Waals surface area contributed by atoms with Crippen LogP contribution >= 0.6 is 0 Å². The van der Waals surface area contributed by atoms with E-state index in [4.69, 9.17) is 0 Å². The number of rotatable bonds is 5. The summed E-state index contributed by atoms with van der Waals surface area (Å²) in [6.07, 6.45) is 0. The van der Waals surface area contributed by atoms with Gasteiger partial charge in [0.15, 0.2) is 0 Å². The zero-order valence-electron chi connectivity index (χ0n) is 13.1. The first-order valence-corrected chi connectivity index (χ1v) is 7.68. The standard InChI is InChI=1S/C19H19NO4/c21-10-19(11-22,12-23)20-18(24)16-6-5-15-7-13-3-1-2-4-14(13)8-17(15)9-16/h1-9,21-23H,10-12H2,(H,20,24). The molecule has 0 aliphatic carbocycles. The van der Waals surface area contributed by atoms with Crippen molar-refractivity contribution in [1.82, 2.24) is 5.32 Å². The Kier molecular flexibility index (Phi) is 4.49.